The Hall–Kier alpha value is -2.26. The van der Waals surface area contributed by atoms with E-state index in [0.717, 1.165) is 16.5 Å². The molecule has 0 fully saturated rings. The Kier molecular flexibility index (Phi) is 2.24. The van der Waals surface area contributed by atoms with Gasteiger partial charge in [0.05, 0.1) is 10.9 Å². The van der Waals surface area contributed by atoms with E-state index in [1.54, 1.807) is 16.5 Å². The number of rotatable bonds is 0. The van der Waals surface area contributed by atoms with Gasteiger partial charge in [0.2, 0.25) is 5.71 Å². The van der Waals surface area contributed by atoms with Gasteiger partial charge in [-0.3, -0.25) is 4.79 Å². The van der Waals surface area contributed by atoms with Gasteiger partial charge in [-0.15, -0.1) is 0 Å². The van der Waals surface area contributed by atoms with E-state index in [-0.39, 0.29) is 5.56 Å². The normalized spacial score (nSPS) is 11.7. The molecule has 0 radical (unpaired) electrons. The molecule has 0 saturated carbocycles. The van der Waals surface area contributed by atoms with Gasteiger partial charge in [0, 0.05) is 16.5 Å². The molecule has 0 unspecified atom stereocenters. The van der Waals surface area contributed by atoms with Crippen LogP contribution in [0.1, 0.15) is 5.56 Å². The van der Waals surface area contributed by atoms with E-state index in [9.17, 15) is 4.79 Å². The van der Waals surface area contributed by atoms with Crippen molar-refractivity contribution in [2.45, 2.75) is 6.92 Å². The number of hydrogen-bond acceptors (Lipinski definition) is 2. The second-order valence-corrected chi connectivity index (χ2v) is 5.36. The first-order chi connectivity index (χ1) is 9.63. The summed E-state index contributed by atoms with van der Waals surface area (Å²) < 4.78 is 7.44. The maximum atomic E-state index is 12.6. The van der Waals surface area contributed by atoms with Crippen LogP contribution in [0.25, 0.3) is 27.6 Å². The Bertz CT molecular complexity index is 1040. The van der Waals surface area contributed by atoms with Crippen LogP contribution in [0.4, 0.5) is 0 Å². The Labute approximate surface area is 119 Å². The van der Waals surface area contributed by atoms with E-state index in [4.69, 9.17) is 16.0 Å². The number of fused-ring (bicyclic) bond motifs is 4. The lowest BCUT2D eigenvalue weighted by atomic mass is 10.2. The van der Waals surface area contributed by atoms with Crippen LogP contribution < -0.4 is 5.56 Å². The van der Waals surface area contributed by atoms with Crippen molar-refractivity contribution in [3.63, 3.8) is 0 Å². The number of benzene rings is 2. The van der Waals surface area contributed by atoms with Gasteiger partial charge in [-0.1, -0.05) is 17.7 Å². The highest BCUT2D eigenvalue weighted by molar-refractivity contribution is 6.31. The van der Waals surface area contributed by atoms with Crippen LogP contribution >= 0.6 is 11.6 Å². The molecule has 2 heterocycles. The van der Waals surface area contributed by atoms with Crippen molar-refractivity contribution in [3.8, 4) is 0 Å². The lowest BCUT2D eigenvalue weighted by Crippen LogP contribution is -2.12. The second-order valence-electron chi connectivity index (χ2n) is 4.93. The average molecular weight is 284 g/mol. The molecule has 98 valence electrons. The zero-order chi connectivity index (χ0) is 13.9. The topological polar surface area (TPSA) is 34.6 Å². The first-order valence-electron chi connectivity index (χ1n) is 6.28. The minimum atomic E-state index is -0.0708. The zero-order valence-electron chi connectivity index (χ0n) is 10.7. The molecule has 0 aliphatic rings. The Morgan fingerprint density at radius 1 is 1.10 bits per heavy atom. The average Bonchev–Trinajstić information content (AvgIpc) is 2.75. The molecule has 0 N–H and O–H groups in total. The van der Waals surface area contributed by atoms with E-state index < -0.39 is 0 Å². The number of aromatic nitrogens is 1. The van der Waals surface area contributed by atoms with Gasteiger partial charge in [-0.2, -0.15) is 0 Å². The van der Waals surface area contributed by atoms with Crippen molar-refractivity contribution in [2.75, 3.05) is 0 Å². The van der Waals surface area contributed by atoms with Crippen LogP contribution in [0.5, 0.6) is 0 Å². The molecule has 20 heavy (non-hydrogen) atoms. The van der Waals surface area contributed by atoms with E-state index in [0.29, 0.717) is 21.7 Å². The second kappa shape index (κ2) is 3.87. The molecule has 0 atom stereocenters. The van der Waals surface area contributed by atoms with Crippen molar-refractivity contribution in [1.29, 1.82) is 0 Å². The van der Waals surface area contributed by atoms with Gasteiger partial charge in [0.25, 0.3) is 5.56 Å². The first kappa shape index (κ1) is 11.6. The van der Waals surface area contributed by atoms with Crippen molar-refractivity contribution in [1.82, 2.24) is 4.40 Å². The Balaban J connectivity index is 2.29. The number of nitrogens with zero attached hydrogens (tertiary/aromatic N) is 1. The largest absolute Gasteiger partial charge is 0.439 e. The predicted octanol–water partition coefficient (Wildman–Crippen LogP) is 4.16. The third-order valence-corrected chi connectivity index (χ3v) is 3.75. The minimum Gasteiger partial charge on any atom is -0.439 e. The van der Waals surface area contributed by atoms with E-state index in [2.05, 4.69) is 0 Å². The lowest BCUT2D eigenvalue weighted by molar-refractivity contribution is 0.630. The van der Waals surface area contributed by atoms with Crippen LogP contribution in [0.3, 0.4) is 0 Å². The first-order valence-corrected chi connectivity index (χ1v) is 6.65. The van der Waals surface area contributed by atoms with E-state index in [1.807, 2.05) is 37.3 Å². The monoisotopic (exact) mass is 283 g/mol. The SMILES string of the molecule is Cc1ccc2c(=O)n3c(cc4cc(Cl)ccc43)oc2c1. The molecular formula is C16H10ClNO2. The molecule has 2 aromatic heterocycles. The summed E-state index contributed by atoms with van der Waals surface area (Å²) in [6.45, 7) is 1.97. The van der Waals surface area contributed by atoms with Crippen LogP contribution in [0.2, 0.25) is 5.02 Å². The maximum absolute atomic E-state index is 12.6. The summed E-state index contributed by atoms with van der Waals surface area (Å²) in [6.07, 6.45) is 0. The third kappa shape index (κ3) is 1.50. The summed E-state index contributed by atoms with van der Waals surface area (Å²) in [7, 11) is 0. The summed E-state index contributed by atoms with van der Waals surface area (Å²) in [4.78, 5) is 12.6. The highest BCUT2D eigenvalue weighted by Crippen LogP contribution is 2.24. The summed E-state index contributed by atoms with van der Waals surface area (Å²) >= 11 is 5.99. The van der Waals surface area contributed by atoms with Gasteiger partial charge in [-0.05, 0) is 42.8 Å². The fraction of sp³-hybridized carbons (Fsp3) is 0.0625. The predicted molar refractivity (Wildman–Crippen MR) is 80.7 cm³/mol. The van der Waals surface area contributed by atoms with E-state index in [1.165, 1.54) is 0 Å². The van der Waals surface area contributed by atoms with E-state index >= 15 is 0 Å². The summed E-state index contributed by atoms with van der Waals surface area (Å²) in [6, 6.07) is 12.9. The fourth-order valence-electron chi connectivity index (χ4n) is 2.57. The third-order valence-electron chi connectivity index (χ3n) is 3.51. The molecule has 0 saturated heterocycles. The minimum absolute atomic E-state index is 0.0708. The highest BCUT2D eigenvalue weighted by atomic mass is 35.5. The molecule has 0 amide bonds. The number of halogens is 1. The van der Waals surface area contributed by atoms with Gasteiger partial charge in [0.15, 0.2) is 0 Å². The van der Waals surface area contributed by atoms with Crippen LogP contribution in [0, 0.1) is 6.92 Å². The lowest BCUT2D eigenvalue weighted by Gasteiger charge is -2.01. The van der Waals surface area contributed by atoms with Gasteiger partial charge < -0.3 is 4.42 Å². The quantitative estimate of drug-likeness (QED) is 0.486. The molecule has 0 spiro atoms. The van der Waals surface area contributed by atoms with Crippen molar-refractivity contribution in [3.05, 3.63) is 63.4 Å². The van der Waals surface area contributed by atoms with Crippen molar-refractivity contribution >= 4 is 39.2 Å². The Morgan fingerprint density at radius 3 is 2.80 bits per heavy atom. The smallest absolute Gasteiger partial charge is 0.269 e. The number of hydrogen-bond donors (Lipinski definition) is 0. The molecule has 0 bridgehead atoms. The molecule has 2 aromatic carbocycles. The zero-order valence-corrected chi connectivity index (χ0v) is 11.4. The molecule has 4 aromatic rings. The Morgan fingerprint density at radius 2 is 1.95 bits per heavy atom. The van der Waals surface area contributed by atoms with Crippen LogP contribution in [-0.4, -0.2) is 4.40 Å². The molecule has 0 aliphatic heterocycles. The molecule has 4 rings (SSSR count). The molecule has 3 nitrogen and oxygen atoms in total. The van der Waals surface area contributed by atoms with Crippen LogP contribution in [-0.2, 0) is 0 Å². The standard InChI is InChI=1S/C16H10ClNO2/c1-9-2-4-12-14(6-9)20-15-8-10-7-11(17)3-5-13(10)18(15)16(12)19/h2-8H,1H3. The fourth-order valence-corrected chi connectivity index (χ4v) is 2.75. The summed E-state index contributed by atoms with van der Waals surface area (Å²) in [5, 5.41) is 2.11. The molecule has 0 aliphatic carbocycles. The van der Waals surface area contributed by atoms with Gasteiger partial charge in [0.1, 0.15) is 5.58 Å². The van der Waals surface area contributed by atoms with Gasteiger partial charge >= 0.3 is 0 Å². The molecule has 4 heteroatoms. The summed E-state index contributed by atoms with van der Waals surface area (Å²) in [5.41, 5.74) is 2.94. The summed E-state index contributed by atoms with van der Waals surface area (Å²) in [5.74, 6) is 0. The van der Waals surface area contributed by atoms with Crippen molar-refractivity contribution in [2.24, 2.45) is 0 Å². The number of aryl methyl sites for hydroxylation is 1. The molecular weight excluding hydrogens is 274 g/mol. The van der Waals surface area contributed by atoms with Crippen molar-refractivity contribution < 1.29 is 4.42 Å². The highest BCUT2D eigenvalue weighted by Gasteiger charge is 2.11. The maximum Gasteiger partial charge on any atom is 0.269 e. The van der Waals surface area contributed by atoms with Crippen LogP contribution in [0.15, 0.2) is 51.7 Å². The van der Waals surface area contributed by atoms with Gasteiger partial charge in [-0.25, -0.2) is 4.40 Å².